The average molecular weight is 458 g/mol. The van der Waals surface area contributed by atoms with Gasteiger partial charge in [0.2, 0.25) is 0 Å². The molecule has 2 aromatic carbocycles. The summed E-state index contributed by atoms with van der Waals surface area (Å²) in [6.45, 7) is 8.26. The Morgan fingerprint density at radius 3 is 2.41 bits per heavy atom. The number of carbonyl (C=O) groups excluding carboxylic acids is 1. The monoisotopic (exact) mass is 457 g/mol. The second-order valence-corrected chi connectivity index (χ2v) is 7.59. The van der Waals surface area contributed by atoms with Crippen molar-refractivity contribution in [3.8, 4) is 0 Å². The molecule has 3 rings (SSSR count). The number of benzene rings is 2. The highest BCUT2D eigenvalue weighted by atomic mass is 32.1. The van der Waals surface area contributed by atoms with Crippen molar-refractivity contribution in [3.05, 3.63) is 58.1 Å². The highest BCUT2D eigenvalue weighted by Gasteiger charge is 2.22. The van der Waals surface area contributed by atoms with E-state index >= 15 is 0 Å². The topological polar surface area (TPSA) is 100.0 Å². The van der Waals surface area contributed by atoms with E-state index in [2.05, 4.69) is 29.4 Å². The van der Waals surface area contributed by atoms with Crippen LogP contribution in [0.3, 0.4) is 0 Å². The van der Waals surface area contributed by atoms with Gasteiger partial charge in [-0.25, -0.2) is 0 Å². The van der Waals surface area contributed by atoms with Gasteiger partial charge in [-0.2, -0.15) is 0 Å². The highest BCUT2D eigenvalue weighted by Crippen LogP contribution is 2.26. The molecule has 0 saturated carbocycles. The first-order valence-electron chi connectivity index (χ1n) is 10.5. The summed E-state index contributed by atoms with van der Waals surface area (Å²) in [5, 5.41) is 17.0. The highest BCUT2D eigenvalue weighted by molar-refractivity contribution is 7.80. The molecule has 1 fully saturated rings. The Bertz CT molecular complexity index is 973. The first kappa shape index (κ1) is 23.4. The van der Waals surface area contributed by atoms with Crippen LogP contribution in [0, 0.1) is 10.1 Å². The fourth-order valence-corrected chi connectivity index (χ4v) is 3.79. The molecule has 1 amide bonds. The Morgan fingerprint density at radius 2 is 1.81 bits per heavy atom. The number of hydrogen-bond donors (Lipinski definition) is 2. The molecule has 0 radical (unpaired) electrons. The smallest absolute Gasteiger partial charge is 0.270 e. The minimum Gasteiger partial charge on any atom is -0.378 e. The zero-order chi connectivity index (χ0) is 23.1. The maximum Gasteiger partial charge on any atom is 0.270 e. The van der Waals surface area contributed by atoms with Crippen LogP contribution in [-0.4, -0.2) is 55.3 Å². The van der Waals surface area contributed by atoms with Crippen LogP contribution in [0.5, 0.6) is 0 Å². The normalized spacial score (nSPS) is 13.4. The van der Waals surface area contributed by atoms with Crippen LogP contribution in [0.2, 0.25) is 0 Å². The molecule has 1 saturated heterocycles. The summed E-state index contributed by atoms with van der Waals surface area (Å²) in [5.41, 5.74) is 2.49. The first-order chi connectivity index (χ1) is 15.4. The summed E-state index contributed by atoms with van der Waals surface area (Å²) in [4.78, 5) is 27.9. The van der Waals surface area contributed by atoms with Gasteiger partial charge in [-0.1, -0.05) is 0 Å². The van der Waals surface area contributed by atoms with Crippen LogP contribution in [0.4, 0.5) is 22.7 Å². The van der Waals surface area contributed by atoms with E-state index in [4.69, 9.17) is 17.0 Å². The zero-order valence-electron chi connectivity index (χ0n) is 18.2. The summed E-state index contributed by atoms with van der Waals surface area (Å²) in [6.07, 6.45) is 0. The maximum atomic E-state index is 13.0. The number of nitro groups is 1. The van der Waals surface area contributed by atoms with Gasteiger partial charge in [0.25, 0.3) is 11.6 Å². The van der Waals surface area contributed by atoms with Gasteiger partial charge in [-0.05, 0) is 56.4 Å². The number of ether oxygens (including phenoxy) is 1. The number of anilines is 3. The number of hydrogen-bond acceptors (Lipinski definition) is 7. The minimum atomic E-state index is -0.520. The van der Waals surface area contributed by atoms with Crippen molar-refractivity contribution in [3.63, 3.8) is 0 Å². The third-order valence-corrected chi connectivity index (χ3v) is 5.47. The van der Waals surface area contributed by atoms with E-state index in [1.807, 2.05) is 29.2 Å². The molecule has 0 aromatic heterocycles. The molecule has 0 aliphatic carbocycles. The molecule has 10 heteroatoms. The second-order valence-electron chi connectivity index (χ2n) is 7.19. The molecule has 0 bridgehead atoms. The molecule has 2 N–H and O–H groups in total. The Kier molecular flexibility index (Phi) is 7.96. The van der Waals surface area contributed by atoms with Gasteiger partial charge in [0, 0.05) is 49.7 Å². The molecule has 1 aliphatic heterocycles. The molecular weight excluding hydrogens is 430 g/mol. The zero-order valence-corrected chi connectivity index (χ0v) is 19.0. The van der Waals surface area contributed by atoms with Crippen molar-refractivity contribution >= 4 is 46.0 Å². The van der Waals surface area contributed by atoms with Crippen molar-refractivity contribution in [1.29, 1.82) is 0 Å². The molecule has 0 atom stereocenters. The van der Waals surface area contributed by atoms with Gasteiger partial charge in [-0.15, -0.1) is 0 Å². The lowest BCUT2D eigenvalue weighted by Crippen LogP contribution is -2.39. The predicted octanol–water partition coefficient (Wildman–Crippen LogP) is 3.40. The van der Waals surface area contributed by atoms with E-state index in [-0.39, 0.29) is 16.4 Å². The third-order valence-electron chi connectivity index (χ3n) is 5.27. The number of carbonyl (C=O) groups is 1. The number of nitrogens with zero attached hydrogens (tertiary/aromatic N) is 3. The van der Waals surface area contributed by atoms with Crippen LogP contribution >= 0.6 is 12.2 Å². The van der Waals surface area contributed by atoms with Gasteiger partial charge in [0.05, 0.1) is 29.4 Å². The maximum absolute atomic E-state index is 13.0. The number of rotatable bonds is 7. The Balaban J connectivity index is 1.73. The summed E-state index contributed by atoms with van der Waals surface area (Å²) in [7, 11) is 0. The molecule has 170 valence electrons. The van der Waals surface area contributed by atoms with Crippen molar-refractivity contribution in [2.45, 2.75) is 13.8 Å². The fourth-order valence-electron chi connectivity index (χ4n) is 3.58. The van der Waals surface area contributed by atoms with E-state index in [0.29, 0.717) is 32.0 Å². The lowest BCUT2D eigenvalue weighted by Gasteiger charge is -2.30. The standard InChI is InChI=1S/C22H27N5O4S/c1-3-25(4-2)17-7-5-16(6-8-17)23-22(32)24-21(28)19-15-18(27(29)30)9-10-20(19)26-11-13-31-14-12-26/h5-10,15H,3-4,11-14H2,1-2H3,(H2,23,24,28,32). The van der Waals surface area contributed by atoms with E-state index in [1.165, 1.54) is 12.1 Å². The van der Waals surface area contributed by atoms with Gasteiger partial charge in [-0.3, -0.25) is 20.2 Å². The molecule has 9 nitrogen and oxygen atoms in total. The lowest BCUT2D eigenvalue weighted by atomic mass is 10.1. The van der Waals surface area contributed by atoms with Gasteiger partial charge in [0.15, 0.2) is 5.11 Å². The number of nitrogens with one attached hydrogen (secondary N) is 2. The van der Waals surface area contributed by atoms with Crippen LogP contribution in [0.15, 0.2) is 42.5 Å². The van der Waals surface area contributed by atoms with Crippen molar-refractivity contribution in [2.24, 2.45) is 0 Å². The molecule has 0 spiro atoms. The Morgan fingerprint density at radius 1 is 1.16 bits per heavy atom. The minimum absolute atomic E-state index is 0.116. The van der Waals surface area contributed by atoms with Crippen LogP contribution < -0.4 is 20.4 Å². The Hall–Kier alpha value is -3.24. The van der Waals surface area contributed by atoms with Crippen LogP contribution in [-0.2, 0) is 4.74 Å². The first-order valence-corrected chi connectivity index (χ1v) is 10.9. The number of amides is 1. The van der Waals surface area contributed by atoms with Crippen molar-refractivity contribution < 1.29 is 14.5 Å². The number of nitro benzene ring substituents is 1. The van der Waals surface area contributed by atoms with E-state index in [9.17, 15) is 14.9 Å². The quantitative estimate of drug-likeness (QED) is 0.371. The molecule has 1 aliphatic rings. The number of non-ortho nitro benzene ring substituents is 1. The van der Waals surface area contributed by atoms with E-state index in [0.717, 1.165) is 24.5 Å². The van der Waals surface area contributed by atoms with Crippen LogP contribution in [0.1, 0.15) is 24.2 Å². The summed E-state index contributed by atoms with van der Waals surface area (Å²) < 4.78 is 5.37. The number of morpholine rings is 1. The summed E-state index contributed by atoms with van der Waals surface area (Å²) in [5.74, 6) is -0.507. The molecule has 32 heavy (non-hydrogen) atoms. The number of thiocarbonyl (C=S) groups is 1. The summed E-state index contributed by atoms with van der Waals surface area (Å²) >= 11 is 5.31. The van der Waals surface area contributed by atoms with E-state index < -0.39 is 10.8 Å². The van der Waals surface area contributed by atoms with Gasteiger partial charge >= 0.3 is 0 Å². The third kappa shape index (κ3) is 5.71. The molecule has 0 unspecified atom stereocenters. The Labute approximate surface area is 192 Å². The second kappa shape index (κ2) is 10.9. The molecule has 2 aromatic rings. The van der Waals surface area contributed by atoms with Crippen LogP contribution in [0.25, 0.3) is 0 Å². The average Bonchev–Trinajstić information content (AvgIpc) is 2.81. The summed E-state index contributed by atoms with van der Waals surface area (Å²) in [6, 6.07) is 12.0. The van der Waals surface area contributed by atoms with Crippen molar-refractivity contribution in [1.82, 2.24) is 5.32 Å². The van der Waals surface area contributed by atoms with Crippen molar-refractivity contribution in [2.75, 3.05) is 54.5 Å². The predicted molar refractivity (Wildman–Crippen MR) is 130 cm³/mol. The largest absolute Gasteiger partial charge is 0.378 e. The van der Waals surface area contributed by atoms with Gasteiger partial charge in [0.1, 0.15) is 0 Å². The molecule has 1 heterocycles. The molecular formula is C22H27N5O4S. The SMILES string of the molecule is CCN(CC)c1ccc(NC(=S)NC(=O)c2cc([N+](=O)[O-])ccc2N2CCOCC2)cc1. The fraction of sp³-hybridized carbons (Fsp3) is 0.364. The van der Waals surface area contributed by atoms with Gasteiger partial charge < -0.3 is 19.9 Å². The van der Waals surface area contributed by atoms with E-state index in [1.54, 1.807) is 6.07 Å². The lowest BCUT2D eigenvalue weighted by molar-refractivity contribution is -0.384.